The van der Waals surface area contributed by atoms with Gasteiger partial charge in [-0.15, -0.1) is 0 Å². The summed E-state index contributed by atoms with van der Waals surface area (Å²) in [6.45, 7) is 1.81. The van der Waals surface area contributed by atoms with Crippen molar-refractivity contribution in [1.82, 2.24) is 5.32 Å². The van der Waals surface area contributed by atoms with Gasteiger partial charge in [-0.25, -0.2) is 8.42 Å². The predicted octanol–water partition coefficient (Wildman–Crippen LogP) is 0.577. The standard InChI is InChI=1S/C12H14NO3S.Re/c1-9(14)12-7-11(8-13-12)17(15,16)10-5-3-2-4-6-10;/h3-6,11-13H,7-8H2,1H3;/q-1;/t11-,12+;/m1./s1. The Morgan fingerprint density at radius 3 is 2.50 bits per heavy atom. The quantitative estimate of drug-likeness (QED) is 0.702. The van der Waals surface area contributed by atoms with Gasteiger partial charge in [0.1, 0.15) is 5.78 Å². The third-order valence-electron chi connectivity index (χ3n) is 3.04. The molecule has 1 radical (unpaired) electrons. The van der Waals surface area contributed by atoms with E-state index in [4.69, 9.17) is 0 Å². The predicted molar refractivity (Wildman–Crippen MR) is 63.3 cm³/mol. The molecule has 0 spiro atoms. The molecule has 1 heterocycles. The van der Waals surface area contributed by atoms with Crippen molar-refractivity contribution in [3.8, 4) is 0 Å². The molecular weight excluding hydrogens is 424 g/mol. The average Bonchev–Trinajstić information content (AvgIpc) is 2.80. The van der Waals surface area contributed by atoms with Gasteiger partial charge in [-0.3, -0.25) is 4.79 Å². The summed E-state index contributed by atoms with van der Waals surface area (Å²) in [7, 11) is -3.34. The monoisotopic (exact) mass is 439 g/mol. The SMILES string of the molecule is CC(=O)[C@@H]1C[C@@H](S(=O)(=O)c2cc[c-]cc2)CN1.[Re]. The summed E-state index contributed by atoms with van der Waals surface area (Å²) in [5.74, 6) is -0.0101. The smallest absolute Gasteiger partial charge is 0.160 e. The van der Waals surface area contributed by atoms with Gasteiger partial charge in [0.15, 0.2) is 9.84 Å². The van der Waals surface area contributed by atoms with Crippen molar-refractivity contribution in [2.24, 2.45) is 0 Å². The molecule has 0 bridgehead atoms. The van der Waals surface area contributed by atoms with Crippen LogP contribution >= 0.6 is 0 Å². The molecule has 1 saturated heterocycles. The number of carbonyl (C=O) groups excluding carboxylic acids is 1. The number of ketones is 1. The van der Waals surface area contributed by atoms with E-state index in [1.165, 1.54) is 19.1 Å². The van der Waals surface area contributed by atoms with Crippen LogP contribution < -0.4 is 5.32 Å². The average molecular weight is 439 g/mol. The Bertz CT molecular complexity index is 515. The molecule has 1 aliphatic rings. The van der Waals surface area contributed by atoms with E-state index in [1.807, 2.05) is 0 Å². The topological polar surface area (TPSA) is 63.2 Å². The van der Waals surface area contributed by atoms with E-state index in [9.17, 15) is 13.2 Å². The van der Waals surface area contributed by atoms with Crippen molar-refractivity contribution < 1.29 is 33.6 Å². The largest absolute Gasteiger partial charge is 0.306 e. The van der Waals surface area contributed by atoms with E-state index in [1.54, 1.807) is 12.1 Å². The van der Waals surface area contributed by atoms with E-state index in [2.05, 4.69) is 11.4 Å². The summed E-state index contributed by atoms with van der Waals surface area (Å²) in [4.78, 5) is 11.5. The van der Waals surface area contributed by atoms with Gasteiger partial charge in [-0.05, 0) is 18.2 Å². The molecule has 6 heteroatoms. The fourth-order valence-electron chi connectivity index (χ4n) is 2.00. The van der Waals surface area contributed by atoms with Crippen molar-refractivity contribution in [3.05, 3.63) is 30.3 Å². The van der Waals surface area contributed by atoms with Crippen molar-refractivity contribution in [2.45, 2.75) is 29.5 Å². The summed E-state index contributed by atoms with van der Waals surface area (Å²) in [6.07, 6.45) is 0.357. The zero-order valence-corrected chi connectivity index (χ0v) is 13.4. The van der Waals surface area contributed by atoms with Crippen LogP contribution in [0.2, 0.25) is 0 Å². The van der Waals surface area contributed by atoms with Gasteiger partial charge in [-0.1, -0.05) is 0 Å². The first-order chi connectivity index (χ1) is 8.01. The van der Waals surface area contributed by atoms with Crippen LogP contribution in [0.5, 0.6) is 0 Å². The van der Waals surface area contributed by atoms with E-state index in [-0.39, 0.29) is 32.2 Å². The van der Waals surface area contributed by atoms with Crippen LogP contribution in [-0.4, -0.2) is 32.0 Å². The molecule has 1 aromatic rings. The molecule has 1 aromatic carbocycles. The van der Waals surface area contributed by atoms with Crippen molar-refractivity contribution >= 4 is 15.6 Å². The first-order valence-corrected chi connectivity index (χ1v) is 7.00. The van der Waals surface area contributed by atoms with Gasteiger partial charge in [0.25, 0.3) is 0 Å². The maximum atomic E-state index is 12.2. The van der Waals surface area contributed by atoms with Crippen LogP contribution in [0.1, 0.15) is 13.3 Å². The minimum Gasteiger partial charge on any atom is -0.306 e. The Morgan fingerprint density at radius 2 is 2.00 bits per heavy atom. The van der Waals surface area contributed by atoms with Crippen LogP contribution in [0.25, 0.3) is 0 Å². The Labute approximate surface area is 121 Å². The second-order valence-corrected chi connectivity index (χ2v) is 6.44. The van der Waals surface area contributed by atoms with Crippen molar-refractivity contribution in [2.75, 3.05) is 6.54 Å². The van der Waals surface area contributed by atoms with E-state index >= 15 is 0 Å². The second-order valence-electron chi connectivity index (χ2n) is 4.21. The molecule has 2 atom stereocenters. The number of hydrogen-bond donors (Lipinski definition) is 1. The van der Waals surface area contributed by atoms with Gasteiger partial charge in [0, 0.05) is 27.0 Å². The number of benzene rings is 1. The fraction of sp³-hybridized carbons (Fsp3) is 0.417. The fourth-order valence-corrected chi connectivity index (χ4v) is 3.66. The number of hydrogen-bond acceptors (Lipinski definition) is 4. The van der Waals surface area contributed by atoms with Crippen molar-refractivity contribution in [1.29, 1.82) is 0 Å². The van der Waals surface area contributed by atoms with Crippen LogP contribution in [0.4, 0.5) is 0 Å². The van der Waals surface area contributed by atoms with Gasteiger partial charge >= 0.3 is 0 Å². The molecule has 0 aromatic heterocycles. The Morgan fingerprint density at radius 1 is 1.39 bits per heavy atom. The number of rotatable bonds is 3. The molecule has 0 amide bonds. The van der Waals surface area contributed by atoms with Gasteiger partial charge in [-0.2, -0.15) is 30.3 Å². The van der Waals surface area contributed by atoms with Gasteiger partial charge in [0.2, 0.25) is 0 Å². The normalized spacial score (nSPS) is 23.4. The molecule has 4 nitrogen and oxygen atoms in total. The summed E-state index contributed by atoms with van der Waals surface area (Å²) in [6, 6.07) is 8.70. The van der Waals surface area contributed by atoms with Gasteiger partial charge in [0.05, 0.1) is 11.3 Å². The second kappa shape index (κ2) is 6.07. The number of Topliss-reactive ketones (excluding diaryl/α,β-unsaturated/α-hetero) is 1. The minimum atomic E-state index is -3.34. The zero-order chi connectivity index (χ0) is 12.5. The third-order valence-corrected chi connectivity index (χ3v) is 5.20. The van der Waals surface area contributed by atoms with Crippen LogP contribution in [0.3, 0.4) is 0 Å². The molecule has 18 heavy (non-hydrogen) atoms. The molecule has 1 aliphatic heterocycles. The molecule has 99 valence electrons. The molecule has 0 saturated carbocycles. The van der Waals surface area contributed by atoms with E-state index in [0.29, 0.717) is 17.9 Å². The first kappa shape index (κ1) is 15.5. The Balaban J connectivity index is 0.00000162. The summed E-state index contributed by atoms with van der Waals surface area (Å²) >= 11 is 0. The van der Waals surface area contributed by atoms with Gasteiger partial charge < -0.3 is 5.32 Å². The maximum Gasteiger partial charge on any atom is 0.160 e. The number of sulfone groups is 1. The zero-order valence-electron chi connectivity index (χ0n) is 9.89. The minimum absolute atomic E-state index is 0. The molecule has 0 unspecified atom stereocenters. The first-order valence-electron chi connectivity index (χ1n) is 5.45. The Kier molecular flexibility index (Phi) is 5.23. The maximum absolute atomic E-state index is 12.2. The summed E-state index contributed by atoms with van der Waals surface area (Å²) in [5.41, 5.74) is 0. The number of nitrogens with one attached hydrogen (secondary N) is 1. The van der Waals surface area contributed by atoms with Crippen molar-refractivity contribution in [3.63, 3.8) is 0 Å². The van der Waals surface area contributed by atoms with Crippen LogP contribution in [0.15, 0.2) is 29.2 Å². The van der Waals surface area contributed by atoms with E-state index < -0.39 is 15.1 Å². The number of carbonyl (C=O) groups is 1. The molecule has 1 fully saturated rings. The molecule has 2 rings (SSSR count). The third kappa shape index (κ3) is 3.07. The van der Waals surface area contributed by atoms with Crippen LogP contribution in [0, 0.1) is 6.07 Å². The molecule has 1 N–H and O–H groups in total. The summed E-state index contributed by atoms with van der Waals surface area (Å²) < 4.78 is 24.5. The molecular formula is C12H14NO3ReS-. The Hall–Kier alpha value is -0.538. The van der Waals surface area contributed by atoms with E-state index in [0.717, 1.165) is 0 Å². The summed E-state index contributed by atoms with van der Waals surface area (Å²) in [5, 5.41) is 2.43. The molecule has 0 aliphatic carbocycles. The van der Waals surface area contributed by atoms with Crippen LogP contribution in [-0.2, 0) is 35.1 Å².